The normalized spacial score (nSPS) is 12.6. The van der Waals surface area contributed by atoms with Gasteiger partial charge in [0.05, 0.1) is 0 Å². The molecule has 0 rings (SSSR count). The smallest absolute Gasteiger partial charge is 0.306 e. The topological polar surface area (TPSA) is 78.9 Å². The summed E-state index contributed by atoms with van der Waals surface area (Å²) in [7, 11) is 0. The zero-order valence-corrected chi connectivity index (χ0v) is 42.0. The molecule has 64 heavy (non-hydrogen) atoms. The molecule has 0 fully saturated rings. The minimum Gasteiger partial charge on any atom is -0.462 e. The average Bonchev–Trinajstić information content (AvgIpc) is 3.29. The number of carbonyl (C=O) groups excluding carboxylic acids is 3. The fourth-order valence-electron chi connectivity index (χ4n) is 7.41. The van der Waals surface area contributed by atoms with E-state index < -0.39 is 12.1 Å². The van der Waals surface area contributed by atoms with E-state index in [1.807, 2.05) is 12.2 Å². The number of unbranched alkanes of at least 4 members (excludes halogenated alkanes) is 25. The molecule has 0 saturated heterocycles. The summed E-state index contributed by atoms with van der Waals surface area (Å²) >= 11 is 0. The lowest BCUT2D eigenvalue weighted by atomic mass is 10.0. The highest BCUT2D eigenvalue weighted by atomic mass is 16.6. The summed E-state index contributed by atoms with van der Waals surface area (Å²) in [5, 5.41) is 0. The van der Waals surface area contributed by atoms with Gasteiger partial charge in [-0.15, -0.1) is 0 Å². The Balaban J connectivity index is 4.41. The van der Waals surface area contributed by atoms with Gasteiger partial charge in [0.2, 0.25) is 0 Å². The van der Waals surface area contributed by atoms with E-state index in [-0.39, 0.29) is 31.6 Å². The largest absolute Gasteiger partial charge is 0.462 e. The molecule has 1 atom stereocenters. The first-order chi connectivity index (χ1) is 31.5. The van der Waals surface area contributed by atoms with Gasteiger partial charge < -0.3 is 14.2 Å². The predicted molar refractivity (Wildman–Crippen MR) is 274 cm³/mol. The van der Waals surface area contributed by atoms with E-state index in [1.165, 1.54) is 128 Å². The van der Waals surface area contributed by atoms with Crippen molar-refractivity contribution in [2.24, 2.45) is 0 Å². The molecule has 0 N–H and O–H groups in total. The molecule has 0 aliphatic carbocycles. The molecular weight excluding hydrogens is 793 g/mol. The van der Waals surface area contributed by atoms with Crippen LogP contribution in [0, 0.1) is 0 Å². The van der Waals surface area contributed by atoms with Gasteiger partial charge in [0.25, 0.3) is 0 Å². The molecule has 6 heteroatoms. The Morgan fingerprint density at radius 3 is 1.06 bits per heavy atom. The molecule has 0 radical (unpaired) electrons. The number of ether oxygens (including phenoxy) is 3. The van der Waals surface area contributed by atoms with E-state index in [9.17, 15) is 14.4 Å². The summed E-state index contributed by atoms with van der Waals surface area (Å²) in [6.45, 7) is 6.43. The van der Waals surface area contributed by atoms with Crippen LogP contribution in [0.2, 0.25) is 0 Å². The number of rotatable bonds is 48. The van der Waals surface area contributed by atoms with Crippen molar-refractivity contribution >= 4 is 17.9 Å². The third-order valence-electron chi connectivity index (χ3n) is 11.5. The molecule has 0 aliphatic rings. The summed E-state index contributed by atoms with van der Waals surface area (Å²) in [6.07, 6.45) is 66.2. The fraction of sp³-hybridized carbons (Fsp3) is 0.741. The second kappa shape index (κ2) is 52.5. The molecule has 0 aromatic heterocycles. The van der Waals surface area contributed by atoms with Crippen molar-refractivity contribution in [3.63, 3.8) is 0 Å². The van der Waals surface area contributed by atoms with E-state index >= 15 is 0 Å². The van der Waals surface area contributed by atoms with E-state index in [2.05, 4.69) is 81.5 Å². The van der Waals surface area contributed by atoms with Crippen molar-refractivity contribution in [1.29, 1.82) is 0 Å². The number of esters is 3. The Hall–Kier alpha value is -3.15. The van der Waals surface area contributed by atoms with E-state index in [1.54, 1.807) is 0 Å². The van der Waals surface area contributed by atoms with Crippen LogP contribution in [0.5, 0.6) is 0 Å². The highest BCUT2D eigenvalue weighted by Crippen LogP contribution is 2.16. The Morgan fingerprint density at radius 1 is 0.328 bits per heavy atom. The molecule has 0 aromatic rings. The van der Waals surface area contributed by atoms with E-state index in [4.69, 9.17) is 14.2 Å². The van der Waals surface area contributed by atoms with Crippen LogP contribution >= 0.6 is 0 Å². The monoisotopic (exact) mass is 893 g/mol. The van der Waals surface area contributed by atoms with Crippen LogP contribution in [0.3, 0.4) is 0 Å². The maximum atomic E-state index is 12.8. The van der Waals surface area contributed by atoms with Crippen LogP contribution in [-0.4, -0.2) is 37.2 Å². The van der Waals surface area contributed by atoms with Crippen LogP contribution in [0.25, 0.3) is 0 Å². The SMILES string of the molecule is CC/C=C\C/C=C\C/C=C\C/C=C\C/C=C\CCC(=O)OC(COC(=O)CCCCCCC/C=C\CCCC)COC(=O)CCCCCCCCCCCCCCCCCCCCC. The lowest BCUT2D eigenvalue weighted by Gasteiger charge is -2.18. The minimum atomic E-state index is -0.816. The van der Waals surface area contributed by atoms with Gasteiger partial charge in [-0.1, -0.05) is 241 Å². The van der Waals surface area contributed by atoms with Gasteiger partial charge in [0.1, 0.15) is 13.2 Å². The number of allylic oxidation sites excluding steroid dienone is 12. The molecule has 0 bridgehead atoms. The molecule has 368 valence electrons. The fourth-order valence-corrected chi connectivity index (χ4v) is 7.41. The summed E-state index contributed by atoms with van der Waals surface area (Å²) < 4.78 is 16.7. The molecule has 0 spiro atoms. The summed E-state index contributed by atoms with van der Waals surface area (Å²) in [6, 6.07) is 0. The van der Waals surface area contributed by atoms with Gasteiger partial charge in [0.15, 0.2) is 6.10 Å². The van der Waals surface area contributed by atoms with E-state index in [0.717, 1.165) is 83.5 Å². The Bertz CT molecular complexity index is 1210. The van der Waals surface area contributed by atoms with Gasteiger partial charge >= 0.3 is 17.9 Å². The Kier molecular flexibility index (Phi) is 49.9. The highest BCUT2D eigenvalue weighted by Gasteiger charge is 2.19. The first-order valence-corrected chi connectivity index (χ1v) is 26.9. The maximum absolute atomic E-state index is 12.8. The van der Waals surface area contributed by atoms with Crippen molar-refractivity contribution in [2.45, 2.75) is 264 Å². The molecular formula is C58H100O6. The van der Waals surface area contributed by atoms with Crippen LogP contribution < -0.4 is 0 Å². The van der Waals surface area contributed by atoms with Gasteiger partial charge in [-0.25, -0.2) is 0 Å². The second-order valence-electron chi connectivity index (χ2n) is 17.8. The molecule has 0 heterocycles. The van der Waals surface area contributed by atoms with Gasteiger partial charge in [-0.2, -0.15) is 0 Å². The average molecular weight is 893 g/mol. The summed E-state index contributed by atoms with van der Waals surface area (Å²) in [5.41, 5.74) is 0. The zero-order chi connectivity index (χ0) is 46.5. The summed E-state index contributed by atoms with van der Waals surface area (Å²) in [4.78, 5) is 38.0. The van der Waals surface area contributed by atoms with Crippen molar-refractivity contribution in [2.75, 3.05) is 13.2 Å². The molecule has 0 amide bonds. The molecule has 1 unspecified atom stereocenters. The number of hydrogen-bond donors (Lipinski definition) is 0. The third-order valence-corrected chi connectivity index (χ3v) is 11.5. The quantitative estimate of drug-likeness (QED) is 0.0262. The highest BCUT2D eigenvalue weighted by molar-refractivity contribution is 5.71. The number of hydrogen-bond acceptors (Lipinski definition) is 6. The van der Waals surface area contributed by atoms with Crippen LogP contribution in [-0.2, 0) is 28.6 Å². The van der Waals surface area contributed by atoms with Gasteiger partial charge in [0, 0.05) is 19.3 Å². The van der Waals surface area contributed by atoms with Crippen molar-refractivity contribution < 1.29 is 28.6 Å². The predicted octanol–water partition coefficient (Wildman–Crippen LogP) is 17.8. The van der Waals surface area contributed by atoms with Crippen molar-refractivity contribution in [3.05, 3.63) is 72.9 Å². The third kappa shape index (κ3) is 49.9. The molecule has 6 nitrogen and oxygen atoms in total. The van der Waals surface area contributed by atoms with Crippen molar-refractivity contribution in [3.8, 4) is 0 Å². The molecule has 0 aliphatic heterocycles. The first-order valence-electron chi connectivity index (χ1n) is 26.9. The zero-order valence-electron chi connectivity index (χ0n) is 42.0. The lowest BCUT2D eigenvalue weighted by molar-refractivity contribution is -0.166. The molecule has 0 saturated carbocycles. The standard InChI is InChI=1S/C58H100O6/c1-4-7-10-13-16-19-22-24-26-28-29-30-32-33-36-39-42-45-48-51-57(60)63-54-55(53-62-56(59)50-47-44-41-38-35-21-18-15-12-9-6-3)64-58(61)52-49-46-43-40-37-34-31-27-25-23-20-17-14-11-8-5-2/h8,11,15,17-18,20,25,27,34,37,43,46,55H,4-7,9-10,12-14,16,19,21-24,26,28-33,35-36,38-42,44-45,47-54H2,1-3H3/b11-8-,18-15-,20-17-,27-25-,37-34-,46-43-. The Morgan fingerprint density at radius 2 is 0.656 bits per heavy atom. The van der Waals surface area contributed by atoms with Gasteiger partial charge in [-0.3, -0.25) is 14.4 Å². The number of carbonyl (C=O) groups is 3. The molecule has 0 aromatic carbocycles. The van der Waals surface area contributed by atoms with E-state index in [0.29, 0.717) is 19.3 Å². The lowest BCUT2D eigenvalue weighted by Crippen LogP contribution is -2.30. The first kappa shape index (κ1) is 60.9. The summed E-state index contributed by atoms with van der Waals surface area (Å²) in [5.74, 6) is -0.995. The second-order valence-corrected chi connectivity index (χ2v) is 17.8. The Labute approximate surface area is 395 Å². The van der Waals surface area contributed by atoms with Crippen LogP contribution in [0.15, 0.2) is 72.9 Å². The van der Waals surface area contributed by atoms with Crippen molar-refractivity contribution in [1.82, 2.24) is 0 Å². The minimum absolute atomic E-state index is 0.106. The van der Waals surface area contributed by atoms with Gasteiger partial charge in [-0.05, 0) is 70.6 Å². The van der Waals surface area contributed by atoms with Crippen LogP contribution in [0.1, 0.15) is 258 Å². The van der Waals surface area contributed by atoms with Crippen LogP contribution in [0.4, 0.5) is 0 Å². The maximum Gasteiger partial charge on any atom is 0.306 e.